The predicted molar refractivity (Wildman–Crippen MR) is 52.6 cm³/mol. The van der Waals surface area contributed by atoms with Gasteiger partial charge in [-0.05, 0) is 12.8 Å². The molecular formula is C10H18N2O2. The van der Waals surface area contributed by atoms with Gasteiger partial charge in [0.25, 0.3) is 0 Å². The Kier molecular flexibility index (Phi) is 2.74. The molecular weight excluding hydrogens is 180 g/mol. The Hall–Kier alpha value is -0.610. The highest BCUT2D eigenvalue weighted by Crippen LogP contribution is 2.26. The molecule has 80 valence electrons. The summed E-state index contributed by atoms with van der Waals surface area (Å²) in [7, 11) is 0. The number of nitrogens with zero attached hydrogens (tertiary/aromatic N) is 1. The zero-order valence-electron chi connectivity index (χ0n) is 8.35. The van der Waals surface area contributed by atoms with E-state index in [4.69, 9.17) is 5.73 Å². The average Bonchev–Trinajstić information content (AvgIpc) is 2.46. The van der Waals surface area contributed by atoms with Gasteiger partial charge in [0.1, 0.15) is 0 Å². The predicted octanol–water partition coefficient (Wildman–Crippen LogP) is -0.151. The SMILES string of the molecule is NC1CC(=O)N(C2CCCCC2O)C1. The maximum Gasteiger partial charge on any atom is 0.224 e. The monoisotopic (exact) mass is 198 g/mol. The van der Waals surface area contributed by atoms with Crippen molar-refractivity contribution in [3.05, 3.63) is 0 Å². The van der Waals surface area contributed by atoms with E-state index in [2.05, 4.69) is 0 Å². The summed E-state index contributed by atoms with van der Waals surface area (Å²) in [5.74, 6) is 0.114. The van der Waals surface area contributed by atoms with Crippen molar-refractivity contribution in [3.63, 3.8) is 0 Å². The lowest BCUT2D eigenvalue weighted by atomic mass is 9.91. The van der Waals surface area contributed by atoms with E-state index in [0.29, 0.717) is 13.0 Å². The molecule has 4 heteroatoms. The third-order valence-corrected chi connectivity index (χ3v) is 3.28. The number of carbonyl (C=O) groups is 1. The summed E-state index contributed by atoms with van der Waals surface area (Å²) in [6, 6.07) is 0.00132. The van der Waals surface area contributed by atoms with Gasteiger partial charge < -0.3 is 15.7 Å². The van der Waals surface area contributed by atoms with E-state index in [1.807, 2.05) is 0 Å². The van der Waals surface area contributed by atoms with Crippen molar-refractivity contribution in [1.29, 1.82) is 0 Å². The van der Waals surface area contributed by atoms with E-state index in [9.17, 15) is 9.90 Å². The van der Waals surface area contributed by atoms with Crippen molar-refractivity contribution in [3.8, 4) is 0 Å². The van der Waals surface area contributed by atoms with Crippen LogP contribution in [0.3, 0.4) is 0 Å². The Bertz CT molecular complexity index is 232. The standard InChI is InChI=1S/C10H18N2O2/c11-7-5-10(14)12(6-7)8-3-1-2-4-9(8)13/h7-9,13H,1-6,11H2. The Morgan fingerprint density at radius 3 is 2.64 bits per heavy atom. The van der Waals surface area contributed by atoms with Crippen LogP contribution in [0, 0.1) is 0 Å². The van der Waals surface area contributed by atoms with Crippen LogP contribution in [0.1, 0.15) is 32.1 Å². The fourth-order valence-electron chi connectivity index (χ4n) is 2.54. The van der Waals surface area contributed by atoms with E-state index in [-0.39, 0.29) is 24.1 Å². The Labute approximate surface area is 84.1 Å². The van der Waals surface area contributed by atoms with Crippen LogP contribution in [-0.4, -0.2) is 40.6 Å². The van der Waals surface area contributed by atoms with Crippen molar-refractivity contribution in [2.24, 2.45) is 5.73 Å². The zero-order chi connectivity index (χ0) is 10.1. The molecule has 2 fully saturated rings. The van der Waals surface area contributed by atoms with Gasteiger partial charge in [-0.3, -0.25) is 4.79 Å². The quantitative estimate of drug-likeness (QED) is 0.615. The third-order valence-electron chi connectivity index (χ3n) is 3.28. The van der Waals surface area contributed by atoms with E-state index in [1.165, 1.54) is 0 Å². The van der Waals surface area contributed by atoms with Gasteiger partial charge in [0, 0.05) is 19.0 Å². The molecule has 1 saturated carbocycles. The zero-order valence-corrected chi connectivity index (χ0v) is 8.35. The topological polar surface area (TPSA) is 66.6 Å². The molecule has 1 aliphatic carbocycles. The number of rotatable bonds is 1. The minimum Gasteiger partial charge on any atom is -0.391 e. The highest BCUT2D eigenvalue weighted by molar-refractivity contribution is 5.79. The molecule has 0 aromatic heterocycles. The summed E-state index contributed by atoms with van der Waals surface area (Å²) in [5, 5.41) is 9.80. The van der Waals surface area contributed by atoms with Crippen molar-refractivity contribution in [2.45, 2.75) is 50.3 Å². The van der Waals surface area contributed by atoms with Crippen LogP contribution in [-0.2, 0) is 4.79 Å². The first-order valence-electron chi connectivity index (χ1n) is 5.41. The number of amides is 1. The summed E-state index contributed by atoms with van der Waals surface area (Å²) >= 11 is 0. The number of carbonyl (C=O) groups excluding carboxylic acids is 1. The van der Waals surface area contributed by atoms with Gasteiger partial charge in [0.2, 0.25) is 5.91 Å². The van der Waals surface area contributed by atoms with Gasteiger partial charge in [-0.15, -0.1) is 0 Å². The first kappa shape index (κ1) is 9.93. The van der Waals surface area contributed by atoms with Crippen LogP contribution in [0.5, 0.6) is 0 Å². The average molecular weight is 198 g/mol. The lowest BCUT2D eigenvalue weighted by Crippen LogP contribution is -2.46. The molecule has 4 nitrogen and oxygen atoms in total. The maximum atomic E-state index is 11.6. The van der Waals surface area contributed by atoms with Gasteiger partial charge in [-0.2, -0.15) is 0 Å². The van der Waals surface area contributed by atoms with Crippen LogP contribution in [0.15, 0.2) is 0 Å². The Morgan fingerprint density at radius 2 is 2.07 bits per heavy atom. The van der Waals surface area contributed by atoms with Gasteiger partial charge in [0.05, 0.1) is 12.1 Å². The molecule has 0 radical (unpaired) electrons. The summed E-state index contributed by atoms with van der Waals surface area (Å²) in [4.78, 5) is 13.4. The molecule has 0 aromatic rings. The summed E-state index contributed by atoms with van der Waals surface area (Å²) in [6.45, 7) is 0.626. The molecule has 1 heterocycles. The molecule has 3 atom stereocenters. The highest BCUT2D eigenvalue weighted by Gasteiger charge is 2.36. The summed E-state index contributed by atoms with van der Waals surface area (Å²) < 4.78 is 0. The van der Waals surface area contributed by atoms with Crippen LogP contribution in [0.25, 0.3) is 0 Å². The molecule has 1 saturated heterocycles. The molecule has 0 bridgehead atoms. The molecule has 2 rings (SSSR count). The van der Waals surface area contributed by atoms with Crippen LogP contribution in [0.2, 0.25) is 0 Å². The lowest BCUT2D eigenvalue weighted by molar-refractivity contribution is -0.133. The van der Waals surface area contributed by atoms with Crippen molar-refractivity contribution >= 4 is 5.91 Å². The molecule has 2 aliphatic rings. The van der Waals surface area contributed by atoms with Gasteiger partial charge in [0.15, 0.2) is 0 Å². The first-order valence-corrected chi connectivity index (χ1v) is 5.41. The summed E-state index contributed by atoms with van der Waals surface area (Å²) in [5.41, 5.74) is 5.72. The molecule has 3 N–H and O–H groups in total. The first-order chi connectivity index (χ1) is 6.68. The smallest absolute Gasteiger partial charge is 0.224 e. The number of aliphatic hydroxyl groups is 1. The minimum absolute atomic E-state index is 0.0309. The van der Waals surface area contributed by atoms with Gasteiger partial charge >= 0.3 is 0 Å². The van der Waals surface area contributed by atoms with Crippen LogP contribution >= 0.6 is 0 Å². The maximum absolute atomic E-state index is 11.6. The minimum atomic E-state index is -0.335. The highest BCUT2D eigenvalue weighted by atomic mass is 16.3. The number of hydrogen-bond acceptors (Lipinski definition) is 3. The Morgan fingerprint density at radius 1 is 1.36 bits per heavy atom. The van der Waals surface area contributed by atoms with Crippen LogP contribution in [0.4, 0.5) is 0 Å². The third kappa shape index (κ3) is 1.77. The van der Waals surface area contributed by atoms with Gasteiger partial charge in [-0.1, -0.05) is 12.8 Å². The molecule has 0 aromatic carbocycles. The number of nitrogens with two attached hydrogens (primary N) is 1. The van der Waals surface area contributed by atoms with E-state index in [1.54, 1.807) is 4.90 Å². The number of aliphatic hydroxyl groups excluding tert-OH is 1. The molecule has 1 aliphatic heterocycles. The van der Waals surface area contributed by atoms with Crippen molar-refractivity contribution in [2.75, 3.05) is 6.54 Å². The van der Waals surface area contributed by atoms with E-state index < -0.39 is 0 Å². The van der Waals surface area contributed by atoms with Gasteiger partial charge in [-0.25, -0.2) is 0 Å². The fraction of sp³-hybridized carbons (Fsp3) is 0.900. The second kappa shape index (κ2) is 3.87. The number of likely N-dealkylation sites (tertiary alicyclic amines) is 1. The largest absolute Gasteiger partial charge is 0.391 e. The molecule has 14 heavy (non-hydrogen) atoms. The molecule has 0 spiro atoms. The lowest BCUT2D eigenvalue weighted by Gasteiger charge is -2.35. The fourth-order valence-corrected chi connectivity index (χ4v) is 2.54. The van der Waals surface area contributed by atoms with Crippen molar-refractivity contribution in [1.82, 2.24) is 4.90 Å². The normalized spacial score (nSPS) is 39.1. The second-order valence-corrected chi connectivity index (χ2v) is 4.43. The number of hydrogen-bond donors (Lipinski definition) is 2. The van der Waals surface area contributed by atoms with Crippen molar-refractivity contribution < 1.29 is 9.90 Å². The summed E-state index contributed by atoms with van der Waals surface area (Å²) in [6.07, 6.45) is 4.05. The Balaban J connectivity index is 2.02. The van der Waals surface area contributed by atoms with E-state index in [0.717, 1.165) is 25.7 Å². The van der Waals surface area contributed by atoms with Crippen LogP contribution < -0.4 is 5.73 Å². The second-order valence-electron chi connectivity index (χ2n) is 4.43. The molecule has 1 amide bonds. The molecule has 3 unspecified atom stereocenters. The van der Waals surface area contributed by atoms with E-state index >= 15 is 0 Å².